The van der Waals surface area contributed by atoms with Crippen molar-refractivity contribution in [2.45, 2.75) is 6.92 Å². The van der Waals surface area contributed by atoms with E-state index in [1.54, 1.807) is 6.92 Å². The molecule has 0 saturated carbocycles. The molecule has 4 nitrogen and oxygen atoms in total. The Balaban J connectivity index is 2.80. The average Bonchev–Trinajstić information content (AvgIpc) is 2.18. The summed E-state index contributed by atoms with van der Waals surface area (Å²) in [4.78, 5) is 10.5. The minimum Gasteiger partial charge on any atom is -0.407 e. The van der Waals surface area contributed by atoms with Gasteiger partial charge in [-0.3, -0.25) is 4.79 Å². The van der Waals surface area contributed by atoms with E-state index in [9.17, 15) is 4.79 Å². The van der Waals surface area contributed by atoms with E-state index in [0.717, 1.165) is 4.88 Å². The molecule has 0 radical (unpaired) electrons. The largest absolute Gasteiger partial charge is 0.407 e. The maximum Gasteiger partial charge on any atom is 0.299 e. The van der Waals surface area contributed by atoms with Crippen molar-refractivity contribution in [2.75, 3.05) is 0 Å². The molecule has 0 atom stereocenters. The molecular weight excluding hydrogens is 140 g/mol. The van der Waals surface area contributed by atoms with Crippen molar-refractivity contribution in [3.05, 3.63) is 4.88 Å². The van der Waals surface area contributed by atoms with Gasteiger partial charge in [0.05, 0.1) is 4.88 Å². The minimum absolute atomic E-state index is 0.301. The van der Waals surface area contributed by atoms with Gasteiger partial charge in [0.15, 0.2) is 0 Å². The highest BCUT2D eigenvalue weighted by molar-refractivity contribution is 7.05. The monoisotopic (exact) mass is 144 g/mol. The van der Waals surface area contributed by atoms with Crippen LogP contribution in [0.15, 0.2) is 0 Å². The second-order valence-electron chi connectivity index (χ2n) is 1.35. The highest BCUT2D eigenvalue weighted by atomic mass is 32.1. The highest BCUT2D eigenvalue weighted by Gasteiger charge is 2.01. The summed E-state index contributed by atoms with van der Waals surface area (Å²) in [6.07, 6.45) is 0. The molecule has 1 aromatic rings. The maximum absolute atomic E-state index is 9.74. The molecule has 0 aliphatic carbocycles. The zero-order valence-electron chi connectivity index (χ0n) is 4.70. The number of ether oxygens (including phenoxy) is 1. The van der Waals surface area contributed by atoms with E-state index in [4.69, 9.17) is 0 Å². The first-order valence-corrected chi connectivity index (χ1v) is 3.01. The molecule has 9 heavy (non-hydrogen) atoms. The second kappa shape index (κ2) is 2.54. The topological polar surface area (TPSA) is 52.1 Å². The Labute approximate surface area is 55.6 Å². The molecule has 1 rings (SSSR count). The molecule has 1 aromatic heterocycles. The SMILES string of the molecule is Cc1snnc1OC=O. The predicted molar refractivity (Wildman–Crippen MR) is 31.3 cm³/mol. The summed E-state index contributed by atoms with van der Waals surface area (Å²) in [5.74, 6) is 0.301. The quantitative estimate of drug-likeness (QED) is 0.563. The summed E-state index contributed by atoms with van der Waals surface area (Å²) in [6.45, 7) is 2.12. The molecule has 0 saturated heterocycles. The van der Waals surface area contributed by atoms with E-state index < -0.39 is 0 Å². The first kappa shape index (κ1) is 6.15. The van der Waals surface area contributed by atoms with Crippen molar-refractivity contribution in [2.24, 2.45) is 0 Å². The fraction of sp³-hybridized carbons (Fsp3) is 0.250. The van der Waals surface area contributed by atoms with Crippen LogP contribution in [-0.2, 0) is 4.79 Å². The summed E-state index contributed by atoms with van der Waals surface area (Å²) < 4.78 is 7.98. The molecule has 0 aliphatic heterocycles. The number of carbonyl (C=O) groups is 1. The van der Waals surface area contributed by atoms with Crippen LogP contribution < -0.4 is 4.74 Å². The third-order valence-corrected chi connectivity index (χ3v) is 1.38. The lowest BCUT2D eigenvalue weighted by Crippen LogP contribution is -1.89. The van der Waals surface area contributed by atoms with Crippen molar-refractivity contribution in [3.8, 4) is 5.88 Å². The summed E-state index contributed by atoms with van der Waals surface area (Å²) in [6, 6.07) is 0. The number of hydrogen-bond donors (Lipinski definition) is 0. The number of rotatable bonds is 2. The zero-order valence-corrected chi connectivity index (χ0v) is 5.51. The molecule has 5 heteroatoms. The molecule has 0 fully saturated rings. The van der Waals surface area contributed by atoms with Crippen LogP contribution in [0, 0.1) is 6.92 Å². The molecule has 0 aliphatic rings. The van der Waals surface area contributed by atoms with E-state index in [1.165, 1.54) is 11.5 Å². The summed E-state index contributed by atoms with van der Waals surface area (Å²) in [7, 11) is 0. The number of hydrogen-bond acceptors (Lipinski definition) is 5. The third-order valence-electron chi connectivity index (χ3n) is 0.770. The van der Waals surface area contributed by atoms with Crippen LogP contribution in [0.1, 0.15) is 4.88 Å². The van der Waals surface area contributed by atoms with Crippen LogP contribution in [0.2, 0.25) is 0 Å². The molecule has 1 heterocycles. The van der Waals surface area contributed by atoms with E-state index in [-0.39, 0.29) is 0 Å². The normalized spacial score (nSPS) is 9.00. The van der Waals surface area contributed by atoms with Gasteiger partial charge in [-0.2, -0.15) is 0 Å². The molecule has 0 spiro atoms. The Hall–Kier alpha value is -0.970. The van der Waals surface area contributed by atoms with Crippen molar-refractivity contribution in [3.63, 3.8) is 0 Å². The van der Waals surface area contributed by atoms with Crippen molar-refractivity contribution >= 4 is 18.0 Å². The third kappa shape index (κ3) is 1.23. The first-order valence-electron chi connectivity index (χ1n) is 2.24. The van der Waals surface area contributed by atoms with Crippen LogP contribution in [0.25, 0.3) is 0 Å². The van der Waals surface area contributed by atoms with Gasteiger partial charge in [0.1, 0.15) is 0 Å². The molecule has 0 N–H and O–H groups in total. The average molecular weight is 144 g/mol. The van der Waals surface area contributed by atoms with E-state index in [2.05, 4.69) is 14.3 Å². The van der Waals surface area contributed by atoms with Gasteiger partial charge in [-0.15, -0.1) is 0 Å². The van der Waals surface area contributed by atoms with Crippen molar-refractivity contribution < 1.29 is 9.53 Å². The fourth-order valence-corrected chi connectivity index (χ4v) is 0.785. The molecular formula is C4H4N2O2S. The standard InChI is InChI=1S/C4H4N2O2S/c1-3-4(8-2-7)5-6-9-3/h2H,1H3. The lowest BCUT2D eigenvalue weighted by atomic mass is 10.6. The van der Waals surface area contributed by atoms with Crippen molar-refractivity contribution in [1.82, 2.24) is 9.59 Å². The Morgan fingerprint density at radius 2 is 2.56 bits per heavy atom. The Bertz CT molecular complexity index is 210. The van der Waals surface area contributed by atoms with Gasteiger partial charge in [-0.05, 0) is 18.5 Å². The van der Waals surface area contributed by atoms with E-state index in [1.807, 2.05) is 0 Å². The van der Waals surface area contributed by atoms with Gasteiger partial charge in [0.2, 0.25) is 0 Å². The predicted octanol–water partition coefficient (Wildman–Crippen LogP) is 0.382. The van der Waals surface area contributed by atoms with Crippen LogP contribution in [0.3, 0.4) is 0 Å². The van der Waals surface area contributed by atoms with Gasteiger partial charge >= 0.3 is 0 Å². The van der Waals surface area contributed by atoms with Gasteiger partial charge in [-0.1, -0.05) is 9.59 Å². The Morgan fingerprint density at radius 3 is 3.00 bits per heavy atom. The van der Waals surface area contributed by atoms with Crippen LogP contribution in [-0.4, -0.2) is 16.1 Å². The van der Waals surface area contributed by atoms with Crippen LogP contribution in [0.5, 0.6) is 5.88 Å². The van der Waals surface area contributed by atoms with Crippen molar-refractivity contribution in [1.29, 1.82) is 0 Å². The molecule has 0 aromatic carbocycles. The zero-order chi connectivity index (χ0) is 6.69. The van der Waals surface area contributed by atoms with Crippen LogP contribution in [0.4, 0.5) is 0 Å². The molecule has 48 valence electrons. The van der Waals surface area contributed by atoms with E-state index >= 15 is 0 Å². The Morgan fingerprint density at radius 1 is 1.78 bits per heavy atom. The molecule has 0 unspecified atom stereocenters. The van der Waals surface area contributed by atoms with Crippen LogP contribution >= 0.6 is 11.5 Å². The van der Waals surface area contributed by atoms with Gasteiger partial charge < -0.3 is 4.74 Å². The summed E-state index contributed by atoms with van der Waals surface area (Å²) in [5.41, 5.74) is 0. The van der Waals surface area contributed by atoms with E-state index in [0.29, 0.717) is 12.4 Å². The molecule has 0 amide bonds. The fourth-order valence-electron chi connectivity index (χ4n) is 0.380. The van der Waals surface area contributed by atoms with Gasteiger partial charge in [0, 0.05) is 0 Å². The summed E-state index contributed by atoms with van der Waals surface area (Å²) >= 11 is 1.20. The smallest absolute Gasteiger partial charge is 0.299 e. The second-order valence-corrected chi connectivity index (χ2v) is 2.31. The highest BCUT2D eigenvalue weighted by Crippen LogP contribution is 2.14. The number of nitrogens with zero attached hydrogens (tertiary/aromatic N) is 2. The van der Waals surface area contributed by atoms with Gasteiger partial charge in [-0.25, -0.2) is 0 Å². The first-order chi connectivity index (χ1) is 4.34. The minimum atomic E-state index is 0.301. The lowest BCUT2D eigenvalue weighted by molar-refractivity contribution is -0.121. The number of aryl methyl sites for hydroxylation is 1. The molecule has 0 bridgehead atoms. The van der Waals surface area contributed by atoms with Gasteiger partial charge in [0.25, 0.3) is 12.4 Å². The lowest BCUT2D eigenvalue weighted by Gasteiger charge is -1.86. The summed E-state index contributed by atoms with van der Waals surface area (Å²) in [5, 5.41) is 3.52. The Kier molecular flexibility index (Phi) is 1.74. The number of carbonyl (C=O) groups excluding carboxylic acids is 1. The maximum atomic E-state index is 9.74. The number of aromatic nitrogens is 2.